The van der Waals surface area contributed by atoms with Gasteiger partial charge in [0.15, 0.2) is 23.4 Å². The summed E-state index contributed by atoms with van der Waals surface area (Å²) in [6.45, 7) is 1.61. The van der Waals surface area contributed by atoms with Crippen molar-refractivity contribution in [2.24, 2.45) is 11.8 Å². The molecule has 4 N–H and O–H groups in total. The van der Waals surface area contributed by atoms with Gasteiger partial charge in [0.2, 0.25) is 5.91 Å². The maximum Gasteiger partial charge on any atom is 0.335 e. The highest BCUT2D eigenvalue weighted by Crippen LogP contribution is 2.65. The van der Waals surface area contributed by atoms with E-state index in [-0.39, 0.29) is 35.3 Å². The minimum absolute atomic E-state index is 0.0196. The Balaban J connectivity index is 1.12. The van der Waals surface area contributed by atoms with Gasteiger partial charge in [-0.2, -0.15) is 0 Å². The number of carboxylic acid groups (broad SMARTS) is 1. The minimum atomic E-state index is -1.39. The predicted molar refractivity (Wildman–Crippen MR) is 156 cm³/mol. The van der Waals surface area contributed by atoms with Gasteiger partial charge in [0.25, 0.3) is 0 Å². The number of nitrogens with zero attached hydrogens (tertiary/aromatic N) is 1. The summed E-state index contributed by atoms with van der Waals surface area (Å²) in [6, 6.07) is 16.8. The number of aromatic hydroxyl groups is 1. The van der Waals surface area contributed by atoms with Crippen LogP contribution in [0.15, 0.2) is 60.7 Å². The number of rotatable bonds is 6. The van der Waals surface area contributed by atoms with Gasteiger partial charge in [0, 0.05) is 23.8 Å². The summed E-state index contributed by atoms with van der Waals surface area (Å²) in [5, 5.41) is 35.6. The molecule has 2 heterocycles. The topological polar surface area (TPSA) is 136 Å². The monoisotopic (exact) mass is 580 g/mol. The molecule has 1 spiro atoms. The van der Waals surface area contributed by atoms with E-state index in [1.54, 1.807) is 36.4 Å². The summed E-state index contributed by atoms with van der Waals surface area (Å²) >= 11 is 0. The molecule has 1 saturated heterocycles. The van der Waals surface area contributed by atoms with Crippen molar-refractivity contribution in [2.45, 2.75) is 55.3 Å². The number of nitrogens with one attached hydrogen (secondary N) is 1. The highest BCUT2D eigenvalue weighted by atomic mass is 16.5. The van der Waals surface area contributed by atoms with Crippen molar-refractivity contribution in [3.8, 4) is 22.6 Å². The Labute approximate surface area is 248 Å². The number of piperidine rings is 1. The third-order valence-corrected chi connectivity index (χ3v) is 10.5. The zero-order valence-electron chi connectivity index (χ0n) is 23.5. The fraction of sp³-hybridized carbons (Fsp3) is 0.382. The van der Waals surface area contributed by atoms with Crippen molar-refractivity contribution in [1.29, 1.82) is 0 Å². The first kappa shape index (κ1) is 26.4. The number of carbonyl (C=O) groups excluding carboxylic acids is 2. The third kappa shape index (κ3) is 3.74. The minimum Gasteiger partial charge on any atom is -0.504 e. The lowest BCUT2D eigenvalue weighted by molar-refractivity contribution is -0.197. The molecule has 3 aromatic carbocycles. The van der Waals surface area contributed by atoms with Crippen LogP contribution in [-0.4, -0.2) is 68.7 Å². The highest BCUT2D eigenvalue weighted by molar-refractivity contribution is 6.11. The Hall–Kier alpha value is -4.21. The average molecular weight is 581 g/mol. The molecule has 2 bridgehead atoms. The molecule has 3 aliphatic carbocycles. The number of aliphatic hydroxyl groups is 1. The van der Waals surface area contributed by atoms with Gasteiger partial charge in [-0.05, 0) is 91.6 Å². The van der Waals surface area contributed by atoms with E-state index in [0.29, 0.717) is 24.4 Å². The van der Waals surface area contributed by atoms with Crippen LogP contribution in [0.1, 0.15) is 47.2 Å². The Bertz CT molecular complexity index is 1700. The molecule has 8 rings (SSSR count). The molecule has 220 valence electrons. The van der Waals surface area contributed by atoms with Crippen molar-refractivity contribution in [3.63, 3.8) is 0 Å². The van der Waals surface area contributed by atoms with Crippen LogP contribution in [0.2, 0.25) is 0 Å². The number of likely N-dealkylation sites (tertiary alicyclic amines) is 1. The Morgan fingerprint density at radius 1 is 1.05 bits per heavy atom. The lowest BCUT2D eigenvalue weighted by atomic mass is 9.47. The molecule has 1 unspecified atom stereocenters. The molecule has 0 aromatic heterocycles. The van der Waals surface area contributed by atoms with Gasteiger partial charge < -0.3 is 25.4 Å². The zero-order chi connectivity index (χ0) is 29.7. The highest BCUT2D eigenvalue weighted by Gasteiger charge is 2.75. The smallest absolute Gasteiger partial charge is 0.335 e. The molecule has 2 aliphatic heterocycles. The summed E-state index contributed by atoms with van der Waals surface area (Å²) in [6.07, 6.45) is 2.36. The number of anilines is 1. The summed E-state index contributed by atoms with van der Waals surface area (Å²) in [4.78, 5) is 41.6. The number of phenols is 1. The van der Waals surface area contributed by atoms with E-state index >= 15 is 0 Å². The molecule has 9 nitrogen and oxygen atoms in total. The van der Waals surface area contributed by atoms with E-state index in [9.17, 15) is 29.7 Å². The van der Waals surface area contributed by atoms with Crippen molar-refractivity contribution >= 4 is 23.3 Å². The second-order valence-corrected chi connectivity index (χ2v) is 12.9. The molecule has 5 aliphatic rings. The SMILES string of the molecule is O=C(O)c1ccc(-c2cccc(NC(=O)C3C[C@@]4(O)[C@H]5Cc6ccc(O)c7c6[C@@]4(CCN5CC4CC4)[C@@H](O7)C3=O)c2)cc1. The zero-order valence-corrected chi connectivity index (χ0v) is 23.5. The molecule has 5 atom stereocenters. The first-order valence-corrected chi connectivity index (χ1v) is 15.0. The van der Waals surface area contributed by atoms with Crippen LogP contribution >= 0.6 is 0 Å². The Kier molecular flexibility index (Phi) is 5.62. The second-order valence-electron chi connectivity index (χ2n) is 12.9. The van der Waals surface area contributed by atoms with Gasteiger partial charge >= 0.3 is 5.97 Å². The van der Waals surface area contributed by atoms with E-state index in [1.807, 2.05) is 12.1 Å². The van der Waals surface area contributed by atoms with E-state index in [4.69, 9.17) is 4.74 Å². The third-order valence-electron chi connectivity index (χ3n) is 10.5. The van der Waals surface area contributed by atoms with E-state index < -0.39 is 34.9 Å². The maximum absolute atomic E-state index is 14.1. The predicted octanol–water partition coefficient (Wildman–Crippen LogP) is 3.76. The number of amides is 1. The van der Waals surface area contributed by atoms with Crippen molar-refractivity contribution in [3.05, 3.63) is 77.4 Å². The first-order valence-electron chi connectivity index (χ1n) is 15.0. The standard InChI is InChI=1S/C34H32N2O7/c37-25-11-10-22-15-26-34(42)16-24(28(38)30-33(34,27(22)29(25)43-30)12-13-36(26)17-18-4-5-18)31(39)35-23-3-1-2-21(14-23)19-6-8-20(9-7-19)32(40)41/h1-3,6-11,14,18,24,26,30,37,42H,4-5,12-13,15-17H2,(H,35,39)(H,40,41)/t24?,26-,30+,33+,34-/m1/s1. The average Bonchev–Trinajstić information content (AvgIpc) is 3.74. The number of ether oxygens (including phenoxy) is 1. The van der Waals surface area contributed by atoms with Crippen LogP contribution < -0.4 is 10.1 Å². The normalized spacial score (nSPS) is 30.3. The summed E-state index contributed by atoms with van der Waals surface area (Å²) in [5.41, 5.74) is 1.57. The van der Waals surface area contributed by atoms with Crippen LogP contribution in [0.4, 0.5) is 5.69 Å². The number of Topliss-reactive ketones (excluding diaryl/α,β-unsaturated/α-hetero) is 1. The van der Waals surface area contributed by atoms with Crippen LogP contribution in [0.5, 0.6) is 11.5 Å². The number of carbonyl (C=O) groups is 3. The Morgan fingerprint density at radius 3 is 2.58 bits per heavy atom. The fourth-order valence-electron chi connectivity index (χ4n) is 8.34. The molecular formula is C34H32N2O7. The van der Waals surface area contributed by atoms with Gasteiger partial charge in [0.05, 0.1) is 16.6 Å². The molecule has 3 aromatic rings. The Morgan fingerprint density at radius 2 is 1.84 bits per heavy atom. The maximum atomic E-state index is 14.1. The largest absolute Gasteiger partial charge is 0.504 e. The van der Waals surface area contributed by atoms with Gasteiger partial charge in [-0.25, -0.2) is 4.79 Å². The van der Waals surface area contributed by atoms with Crippen LogP contribution in [-0.2, 0) is 21.4 Å². The molecule has 3 fully saturated rings. The van der Waals surface area contributed by atoms with Gasteiger partial charge in [-0.15, -0.1) is 0 Å². The molecule has 0 radical (unpaired) electrons. The summed E-state index contributed by atoms with van der Waals surface area (Å²) in [7, 11) is 0. The molecule has 43 heavy (non-hydrogen) atoms. The molecule has 9 heteroatoms. The van der Waals surface area contributed by atoms with Gasteiger partial charge in [-0.3, -0.25) is 14.5 Å². The number of ketones is 1. The summed E-state index contributed by atoms with van der Waals surface area (Å²) in [5.74, 6) is -2.19. The van der Waals surface area contributed by atoms with Crippen LogP contribution in [0, 0.1) is 11.8 Å². The van der Waals surface area contributed by atoms with Gasteiger partial charge in [0.1, 0.15) is 5.92 Å². The fourth-order valence-corrected chi connectivity index (χ4v) is 8.34. The molecule has 2 saturated carbocycles. The van der Waals surface area contributed by atoms with Gasteiger partial charge in [-0.1, -0.05) is 30.3 Å². The second kappa shape index (κ2) is 9.14. The molecule has 1 amide bonds. The molecular weight excluding hydrogens is 548 g/mol. The number of aromatic carboxylic acids is 1. The van der Waals surface area contributed by atoms with E-state index in [2.05, 4.69) is 10.2 Å². The summed E-state index contributed by atoms with van der Waals surface area (Å²) < 4.78 is 6.25. The van der Waals surface area contributed by atoms with Crippen LogP contribution in [0.3, 0.4) is 0 Å². The number of hydrogen-bond acceptors (Lipinski definition) is 7. The number of carboxylic acids is 1. The lowest BCUT2D eigenvalue weighted by Gasteiger charge is -2.63. The lowest BCUT2D eigenvalue weighted by Crippen LogP contribution is -2.78. The quantitative estimate of drug-likeness (QED) is 0.324. The van der Waals surface area contributed by atoms with Crippen molar-refractivity contribution in [2.75, 3.05) is 18.4 Å². The first-order chi connectivity index (χ1) is 20.7. The van der Waals surface area contributed by atoms with E-state index in [0.717, 1.165) is 35.3 Å². The number of phenolic OH excluding ortho intramolecular Hbond substituents is 1. The van der Waals surface area contributed by atoms with Crippen molar-refractivity contribution in [1.82, 2.24) is 4.90 Å². The van der Waals surface area contributed by atoms with Crippen molar-refractivity contribution < 1.29 is 34.4 Å². The van der Waals surface area contributed by atoms with E-state index in [1.165, 1.54) is 25.0 Å². The number of hydrogen-bond donors (Lipinski definition) is 4. The van der Waals surface area contributed by atoms with Crippen LogP contribution in [0.25, 0.3) is 11.1 Å². The number of benzene rings is 3.